The minimum Gasteiger partial charge on any atom is -0.496 e. The molecule has 6 heteroatoms. The minimum atomic E-state index is -0.0724. The highest BCUT2D eigenvalue weighted by molar-refractivity contribution is 7.09. The van der Waals surface area contributed by atoms with Crippen LogP contribution in [-0.2, 0) is 19.5 Å². The first kappa shape index (κ1) is 21.0. The van der Waals surface area contributed by atoms with Crippen molar-refractivity contribution in [2.45, 2.75) is 26.4 Å². The molecule has 0 unspecified atom stereocenters. The van der Waals surface area contributed by atoms with E-state index in [0.29, 0.717) is 19.6 Å². The number of fused-ring (bicyclic) bond motifs is 1. The molecular formula is C25H27N3O2S. The molecule has 160 valence electrons. The molecule has 0 atom stereocenters. The van der Waals surface area contributed by atoms with Gasteiger partial charge in [0.25, 0.3) is 0 Å². The Hall–Kier alpha value is -3.25. The first-order valence-corrected chi connectivity index (χ1v) is 11.3. The maximum atomic E-state index is 13.1. The second kappa shape index (κ2) is 9.71. The standard InChI is InChI=1S/C25H27N3O2S/c1-18-21(22-10-4-5-11-23(22)27-18)13-14-28(17-20-9-7-15-31-20)25(29)26-16-19-8-3-6-12-24(19)30-2/h3-12,15,27H,13-14,16-17H2,1-2H3,(H,26,29). The van der Waals surface area contributed by atoms with E-state index in [0.717, 1.165) is 28.9 Å². The molecule has 2 aromatic heterocycles. The van der Waals surface area contributed by atoms with Crippen molar-refractivity contribution in [2.24, 2.45) is 0 Å². The molecule has 0 fully saturated rings. The molecule has 0 bridgehead atoms. The summed E-state index contributed by atoms with van der Waals surface area (Å²) in [5.74, 6) is 0.780. The van der Waals surface area contributed by atoms with Crippen LogP contribution in [0.15, 0.2) is 66.0 Å². The summed E-state index contributed by atoms with van der Waals surface area (Å²) < 4.78 is 5.41. The lowest BCUT2D eigenvalue weighted by atomic mass is 10.1. The van der Waals surface area contributed by atoms with Gasteiger partial charge in [0.05, 0.1) is 13.7 Å². The monoisotopic (exact) mass is 433 g/mol. The topological polar surface area (TPSA) is 57.4 Å². The molecule has 5 nitrogen and oxygen atoms in total. The van der Waals surface area contributed by atoms with Crippen LogP contribution in [0, 0.1) is 6.92 Å². The number of amides is 2. The normalized spacial score (nSPS) is 10.9. The van der Waals surface area contributed by atoms with E-state index in [4.69, 9.17) is 4.74 Å². The zero-order valence-electron chi connectivity index (χ0n) is 17.9. The number of hydrogen-bond acceptors (Lipinski definition) is 3. The smallest absolute Gasteiger partial charge is 0.318 e. The summed E-state index contributed by atoms with van der Waals surface area (Å²) in [6.07, 6.45) is 0.795. The van der Waals surface area contributed by atoms with Crippen molar-refractivity contribution in [3.8, 4) is 5.75 Å². The highest BCUT2D eigenvalue weighted by atomic mass is 32.1. The van der Waals surface area contributed by atoms with Gasteiger partial charge in [-0.1, -0.05) is 42.5 Å². The van der Waals surface area contributed by atoms with Crippen molar-refractivity contribution >= 4 is 28.3 Å². The molecule has 0 saturated heterocycles. The highest BCUT2D eigenvalue weighted by Gasteiger charge is 2.17. The molecule has 0 aliphatic carbocycles. The Bertz CT molecular complexity index is 1150. The van der Waals surface area contributed by atoms with E-state index in [2.05, 4.69) is 41.5 Å². The molecule has 2 heterocycles. The van der Waals surface area contributed by atoms with E-state index in [-0.39, 0.29) is 6.03 Å². The lowest BCUT2D eigenvalue weighted by Crippen LogP contribution is -2.40. The van der Waals surface area contributed by atoms with E-state index in [1.165, 1.54) is 15.8 Å². The van der Waals surface area contributed by atoms with Crippen LogP contribution in [0.5, 0.6) is 5.75 Å². The minimum absolute atomic E-state index is 0.0724. The number of benzene rings is 2. The van der Waals surface area contributed by atoms with Crippen LogP contribution in [0.4, 0.5) is 4.79 Å². The van der Waals surface area contributed by atoms with Crippen LogP contribution in [0.2, 0.25) is 0 Å². The lowest BCUT2D eigenvalue weighted by molar-refractivity contribution is 0.195. The predicted octanol–water partition coefficient (Wildman–Crippen LogP) is 5.50. The van der Waals surface area contributed by atoms with Crippen molar-refractivity contribution in [1.82, 2.24) is 15.2 Å². The number of H-pyrrole nitrogens is 1. The summed E-state index contributed by atoms with van der Waals surface area (Å²) in [5, 5.41) is 6.34. The molecule has 0 saturated carbocycles. The quantitative estimate of drug-likeness (QED) is 0.385. The predicted molar refractivity (Wildman–Crippen MR) is 127 cm³/mol. The second-order valence-electron chi connectivity index (χ2n) is 7.50. The Labute approximate surface area is 186 Å². The first-order valence-electron chi connectivity index (χ1n) is 10.4. The average molecular weight is 434 g/mol. The maximum absolute atomic E-state index is 13.1. The van der Waals surface area contributed by atoms with E-state index in [1.807, 2.05) is 46.7 Å². The molecule has 0 radical (unpaired) electrons. The molecule has 2 amide bonds. The number of hydrogen-bond donors (Lipinski definition) is 2. The van der Waals surface area contributed by atoms with Crippen LogP contribution >= 0.6 is 11.3 Å². The van der Waals surface area contributed by atoms with E-state index < -0.39 is 0 Å². The Morgan fingerprint density at radius 1 is 1.10 bits per heavy atom. The van der Waals surface area contributed by atoms with Crippen molar-refractivity contribution in [3.05, 3.63) is 87.7 Å². The molecule has 31 heavy (non-hydrogen) atoms. The van der Waals surface area contributed by atoms with E-state index in [1.54, 1.807) is 18.4 Å². The molecule has 0 spiro atoms. The molecule has 0 aliphatic rings. The van der Waals surface area contributed by atoms with Gasteiger partial charge in [0.1, 0.15) is 5.75 Å². The van der Waals surface area contributed by atoms with Crippen LogP contribution < -0.4 is 10.1 Å². The fraction of sp³-hybridized carbons (Fsp3) is 0.240. The van der Waals surface area contributed by atoms with Crippen LogP contribution in [0.3, 0.4) is 0 Å². The second-order valence-corrected chi connectivity index (χ2v) is 8.53. The summed E-state index contributed by atoms with van der Waals surface area (Å²) in [6, 6.07) is 20.1. The molecule has 2 N–H and O–H groups in total. The number of methoxy groups -OCH3 is 1. The number of carbonyl (C=O) groups excluding carboxylic acids is 1. The van der Waals surface area contributed by atoms with Crippen LogP contribution in [-0.4, -0.2) is 29.6 Å². The van der Waals surface area contributed by atoms with Crippen molar-refractivity contribution in [3.63, 3.8) is 0 Å². The van der Waals surface area contributed by atoms with Gasteiger partial charge in [-0.3, -0.25) is 0 Å². The number of aryl methyl sites for hydroxylation is 1. The number of thiophene rings is 1. The summed E-state index contributed by atoms with van der Waals surface area (Å²) in [5.41, 5.74) is 4.53. The number of ether oxygens (including phenoxy) is 1. The summed E-state index contributed by atoms with van der Waals surface area (Å²) >= 11 is 1.67. The van der Waals surface area contributed by atoms with Crippen molar-refractivity contribution in [2.75, 3.05) is 13.7 Å². The molecular weight excluding hydrogens is 406 g/mol. The number of urea groups is 1. The number of rotatable bonds is 8. The third kappa shape index (κ3) is 4.91. The van der Waals surface area contributed by atoms with Crippen LogP contribution in [0.25, 0.3) is 10.9 Å². The largest absolute Gasteiger partial charge is 0.496 e. The number of nitrogens with one attached hydrogen (secondary N) is 2. The van der Waals surface area contributed by atoms with Gasteiger partial charge in [-0.05, 0) is 42.5 Å². The van der Waals surface area contributed by atoms with E-state index in [9.17, 15) is 4.79 Å². The van der Waals surface area contributed by atoms with Gasteiger partial charge in [0.15, 0.2) is 0 Å². The molecule has 4 aromatic rings. The Morgan fingerprint density at radius 2 is 1.90 bits per heavy atom. The molecule has 0 aliphatic heterocycles. The van der Waals surface area contributed by atoms with Crippen LogP contribution in [0.1, 0.15) is 21.7 Å². The van der Waals surface area contributed by atoms with Gasteiger partial charge in [0, 0.05) is 40.1 Å². The van der Waals surface area contributed by atoms with Gasteiger partial charge >= 0.3 is 6.03 Å². The summed E-state index contributed by atoms with van der Waals surface area (Å²) in [4.78, 5) is 19.6. The number of carbonyl (C=O) groups is 1. The SMILES string of the molecule is COc1ccccc1CNC(=O)N(CCc1c(C)[nH]c2ccccc12)Cc1cccs1. The molecule has 4 rings (SSSR count). The average Bonchev–Trinajstić information content (AvgIpc) is 3.42. The highest BCUT2D eigenvalue weighted by Crippen LogP contribution is 2.23. The van der Waals surface area contributed by atoms with Gasteiger partial charge < -0.3 is 19.9 Å². The van der Waals surface area contributed by atoms with Gasteiger partial charge in [0.2, 0.25) is 0 Å². The lowest BCUT2D eigenvalue weighted by Gasteiger charge is -2.23. The summed E-state index contributed by atoms with van der Waals surface area (Å²) in [7, 11) is 1.65. The fourth-order valence-corrected chi connectivity index (χ4v) is 4.60. The van der Waals surface area contributed by atoms with Gasteiger partial charge in [-0.15, -0.1) is 11.3 Å². The fourth-order valence-electron chi connectivity index (χ4n) is 3.88. The van der Waals surface area contributed by atoms with Gasteiger partial charge in [-0.25, -0.2) is 4.79 Å². The first-order chi connectivity index (χ1) is 15.2. The third-order valence-corrected chi connectivity index (χ3v) is 6.36. The zero-order chi connectivity index (χ0) is 21.6. The number of aromatic amines is 1. The Morgan fingerprint density at radius 3 is 2.71 bits per heavy atom. The van der Waals surface area contributed by atoms with E-state index >= 15 is 0 Å². The summed E-state index contributed by atoms with van der Waals surface area (Å²) in [6.45, 7) is 3.76. The Kier molecular flexibility index (Phi) is 6.57. The van der Waals surface area contributed by atoms with Crippen molar-refractivity contribution < 1.29 is 9.53 Å². The Balaban J connectivity index is 1.48. The number of nitrogens with zero attached hydrogens (tertiary/aromatic N) is 1. The maximum Gasteiger partial charge on any atom is 0.318 e. The third-order valence-electron chi connectivity index (χ3n) is 5.50. The molecule has 2 aromatic carbocycles. The number of para-hydroxylation sites is 2. The van der Waals surface area contributed by atoms with Crippen molar-refractivity contribution in [1.29, 1.82) is 0 Å². The number of aromatic nitrogens is 1. The zero-order valence-corrected chi connectivity index (χ0v) is 18.7. The van der Waals surface area contributed by atoms with Gasteiger partial charge in [-0.2, -0.15) is 0 Å².